The highest BCUT2D eigenvalue weighted by atomic mass is 19.3. The van der Waals surface area contributed by atoms with Gasteiger partial charge in [-0.2, -0.15) is 0 Å². The average molecular weight is 336 g/mol. The Bertz CT molecular complexity index is 538. The smallest absolute Gasteiger partial charge is 0.255 e. The summed E-state index contributed by atoms with van der Waals surface area (Å²) in [7, 11) is 0. The fourth-order valence-electron chi connectivity index (χ4n) is 4.45. The minimum absolute atomic E-state index is 0.122. The van der Waals surface area contributed by atoms with E-state index in [0.717, 1.165) is 31.2 Å². The number of rotatable bonds is 5. The van der Waals surface area contributed by atoms with Crippen molar-refractivity contribution in [2.24, 2.45) is 23.5 Å². The molecule has 2 aliphatic rings. The number of hydrogen-bond donors (Lipinski definition) is 1. The lowest BCUT2D eigenvalue weighted by molar-refractivity contribution is -0.141. The third-order valence-corrected chi connectivity index (χ3v) is 5.65. The first-order chi connectivity index (χ1) is 11.5. The van der Waals surface area contributed by atoms with Crippen LogP contribution in [0, 0.1) is 17.8 Å². The number of carbonyl (C=O) groups is 1. The Morgan fingerprint density at radius 1 is 1.17 bits per heavy atom. The maximum absolute atomic E-state index is 13.0. The van der Waals surface area contributed by atoms with E-state index in [1.54, 1.807) is 0 Å². The van der Waals surface area contributed by atoms with Crippen molar-refractivity contribution in [3.8, 4) is 0 Å². The van der Waals surface area contributed by atoms with Gasteiger partial charge in [0.1, 0.15) is 0 Å². The number of amides is 1. The van der Waals surface area contributed by atoms with Crippen molar-refractivity contribution in [3.05, 3.63) is 35.9 Å². The number of nitrogens with zero attached hydrogens (tertiary/aromatic N) is 1. The van der Waals surface area contributed by atoms with E-state index in [9.17, 15) is 13.6 Å². The molecule has 0 spiro atoms. The van der Waals surface area contributed by atoms with Gasteiger partial charge in [-0.3, -0.25) is 4.79 Å². The summed E-state index contributed by atoms with van der Waals surface area (Å²) in [6.45, 7) is -0.243. The summed E-state index contributed by atoms with van der Waals surface area (Å²) in [5, 5.41) is 0. The van der Waals surface area contributed by atoms with Gasteiger partial charge in [-0.1, -0.05) is 36.8 Å². The molecule has 2 fully saturated rings. The summed E-state index contributed by atoms with van der Waals surface area (Å²) < 4.78 is 26.0. The van der Waals surface area contributed by atoms with Crippen LogP contribution < -0.4 is 5.73 Å². The molecule has 0 saturated heterocycles. The molecule has 2 bridgehead atoms. The number of carbonyl (C=O) groups excluding carboxylic acids is 1. The highest BCUT2D eigenvalue weighted by molar-refractivity contribution is 5.79. The summed E-state index contributed by atoms with van der Waals surface area (Å²) in [5.74, 6) is 0.471. The lowest BCUT2D eigenvalue weighted by Gasteiger charge is -2.44. The second kappa shape index (κ2) is 7.60. The lowest BCUT2D eigenvalue weighted by atomic mass is 9.65. The van der Waals surface area contributed by atoms with Crippen LogP contribution in [0.3, 0.4) is 0 Å². The molecule has 2 aliphatic carbocycles. The predicted octanol–water partition coefficient (Wildman–Crippen LogP) is 3.43. The van der Waals surface area contributed by atoms with E-state index in [1.165, 1.54) is 11.3 Å². The molecular weight excluding hydrogens is 310 g/mol. The highest BCUT2D eigenvalue weighted by Crippen LogP contribution is 2.42. The topological polar surface area (TPSA) is 46.3 Å². The van der Waals surface area contributed by atoms with E-state index in [4.69, 9.17) is 5.73 Å². The van der Waals surface area contributed by atoms with Crippen LogP contribution in [-0.4, -0.2) is 29.8 Å². The van der Waals surface area contributed by atoms with Gasteiger partial charge in [-0.15, -0.1) is 0 Å². The van der Waals surface area contributed by atoms with Gasteiger partial charge in [-0.05, 0) is 43.1 Å². The van der Waals surface area contributed by atoms with Crippen LogP contribution in [0.4, 0.5) is 8.78 Å². The molecule has 2 unspecified atom stereocenters. The molecule has 0 aliphatic heterocycles. The Balaban J connectivity index is 1.71. The van der Waals surface area contributed by atoms with Gasteiger partial charge in [0, 0.05) is 18.5 Å². The van der Waals surface area contributed by atoms with Gasteiger partial charge in [-0.25, -0.2) is 8.78 Å². The second-order valence-corrected chi connectivity index (χ2v) is 7.29. The molecule has 1 aromatic rings. The van der Waals surface area contributed by atoms with E-state index in [2.05, 4.69) is 0 Å². The first kappa shape index (κ1) is 17.3. The fraction of sp³-hybridized carbons (Fsp3) is 0.632. The first-order valence-electron chi connectivity index (χ1n) is 8.91. The summed E-state index contributed by atoms with van der Waals surface area (Å²) in [4.78, 5) is 14.3. The van der Waals surface area contributed by atoms with E-state index < -0.39 is 13.0 Å². The standard InChI is InChI=1S/C19H26F2N2O/c20-17(21)12-23(11-13-5-2-1-3-6-13)19(24)16-9-14-7-4-8-15(10-16)18(14)22/h1-3,5-6,14-18H,4,7-12,22H2. The van der Waals surface area contributed by atoms with Crippen molar-refractivity contribution >= 4 is 5.91 Å². The van der Waals surface area contributed by atoms with Crippen LogP contribution in [0.15, 0.2) is 30.3 Å². The van der Waals surface area contributed by atoms with Gasteiger partial charge in [0.05, 0.1) is 6.54 Å². The third kappa shape index (κ3) is 3.94. The minimum atomic E-state index is -2.51. The summed E-state index contributed by atoms with van der Waals surface area (Å²) in [5.41, 5.74) is 7.17. The SMILES string of the molecule is NC1C2CCCC1CC(C(=O)N(Cc1ccccc1)CC(F)F)C2. The largest absolute Gasteiger partial charge is 0.332 e. The minimum Gasteiger partial charge on any atom is -0.332 e. The maximum atomic E-state index is 13.0. The molecule has 2 saturated carbocycles. The Kier molecular flexibility index (Phi) is 5.49. The number of nitrogens with two attached hydrogens (primary N) is 1. The number of benzene rings is 1. The van der Waals surface area contributed by atoms with Crippen molar-refractivity contribution in [2.45, 2.75) is 51.1 Å². The Morgan fingerprint density at radius 2 is 1.79 bits per heavy atom. The van der Waals surface area contributed by atoms with Crippen LogP contribution in [0.25, 0.3) is 0 Å². The number of fused-ring (bicyclic) bond motifs is 2. The molecule has 2 atom stereocenters. The van der Waals surface area contributed by atoms with Gasteiger partial charge >= 0.3 is 0 Å². The average Bonchev–Trinajstić information content (AvgIpc) is 2.54. The van der Waals surface area contributed by atoms with Crippen LogP contribution in [0.1, 0.15) is 37.7 Å². The summed E-state index contributed by atoms with van der Waals surface area (Å²) in [6, 6.07) is 9.54. The van der Waals surface area contributed by atoms with Crippen LogP contribution >= 0.6 is 0 Å². The van der Waals surface area contributed by atoms with Crippen molar-refractivity contribution in [1.82, 2.24) is 4.90 Å². The first-order valence-corrected chi connectivity index (χ1v) is 8.91. The third-order valence-electron chi connectivity index (χ3n) is 5.65. The number of alkyl halides is 2. The van der Waals surface area contributed by atoms with E-state index in [-0.39, 0.29) is 24.4 Å². The number of halogens is 2. The van der Waals surface area contributed by atoms with Crippen LogP contribution in [-0.2, 0) is 11.3 Å². The number of hydrogen-bond acceptors (Lipinski definition) is 2. The molecule has 1 amide bonds. The molecule has 3 rings (SSSR count). The van der Waals surface area contributed by atoms with E-state index in [1.807, 2.05) is 30.3 Å². The van der Waals surface area contributed by atoms with Crippen molar-refractivity contribution in [2.75, 3.05) is 6.54 Å². The Hall–Kier alpha value is -1.49. The molecule has 3 nitrogen and oxygen atoms in total. The van der Waals surface area contributed by atoms with E-state index >= 15 is 0 Å². The van der Waals surface area contributed by atoms with Crippen molar-refractivity contribution in [1.29, 1.82) is 0 Å². The molecule has 5 heteroatoms. The summed E-state index contributed by atoms with van der Waals surface area (Å²) >= 11 is 0. The van der Waals surface area contributed by atoms with Gasteiger partial charge in [0.2, 0.25) is 5.91 Å². The zero-order valence-electron chi connectivity index (χ0n) is 13.9. The van der Waals surface area contributed by atoms with Crippen molar-refractivity contribution in [3.63, 3.8) is 0 Å². The molecule has 132 valence electrons. The molecule has 0 aromatic heterocycles. The molecule has 2 N–H and O–H groups in total. The summed E-state index contributed by atoms with van der Waals surface area (Å²) in [6.07, 6.45) is 2.30. The maximum Gasteiger partial charge on any atom is 0.255 e. The van der Waals surface area contributed by atoms with Gasteiger partial charge in [0.25, 0.3) is 6.43 Å². The normalized spacial score (nSPS) is 29.5. The molecule has 1 aromatic carbocycles. The van der Waals surface area contributed by atoms with Gasteiger partial charge in [0.15, 0.2) is 0 Å². The predicted molar refractivity (Wildman–Crippen MR) is 89.4 cm³/mol. The van der Waals surface area contributed by atoms with Crippen LogP contribution in [0.5, 0.6) is 0 Å². The zero-order valence-corrected chi connectivity index (χ0v) is 13.9. The molecule has 24 heavy (non-hydrogen) atoms. The monoisotopic (exact) mass is 336 g/mol. The lowest BCUT2D eigenvalue weighted by Crippen LogP contribution is -2.50. The quantitative estimate of drug-likeness (QED) is 0.895. The molecule has 0 heterocycles. The highest BCUT2D eigenvalue weighted by Gasteiger charge is 2.41. The molecule has 0 radical (unpaired) electrons. The Morgan fingerprint density at radius 3 is 2.38 bits per heavy atom. The van der Waals surface area contributed by atoms with Crippen molar-refractivity contribution < 1.29 is 13.6 Å². The van der Waals surface area contributed by atoms with Crippen LogP contribution in [0.2, 0.25) is 0 Å². The molecular formula is C19H26F2N2O. The Labute approximate surface area is 142 Å². The van der Waals surface area contributed by atoms with E-state index in [0.29, 0.717) is 11.8 Å². The fourth-order valence-corrected chi connectivity index (χ4v) is 4.45. The van der Waals surface area contributed by atoms with Gasteiger partial charge < -0.3 is 10.6 Å². The second-order valence-electron chi connectivity index (χ2n) is 7.29. The zero-order chi connectivity index (χ0) is 17.1.